The van der Waals surface area contributed by atoms with E-state index < -0.39 is 33.2 Å². The van der Waals surface area contributed by atoms with Crippen LogP contribution in [0.4, 0.5) is 15.1 Å². The van der Waals surface area contributed by atoms with Crippen molar-refractivity contribution in [1.82, 2.24) is 14.7 Å². The number of aliphatic hydroxyl groups excluding tert-OH is 1. The monoisotopic (exact) mass is 414 g/mol. The van der Waals surface area contributed by atoms with Gasteiger partial charge in [0.2, 0.25) is 17.7 Å². The number of halogens is 1. The molecule has 0 bridgehead atoms. The Bertz CT molecular complexity index is 932. The molecule has 1 aromatic heterocycles. The zero-order valence-corrected chi connectivity index (χ0v) is 16.0. The van der Waals surface area contributed by atoms with Gasteiger partial charge >= 0.3 is 6.03 Å². The number of ether oxygens (including phenoxy) is 2. The first kappa shape index (κ1) is 21.3. The van der Waals surface area contributed by atoms with Crippen molar-refractivity contribution >= 4 is 22.0 Å². The summed E-state index contributed by atoms with van der Waals surface area (Å²) in [4.78, 5) is 19.4. The summed E-state index contributed by atoms with van der Waals surface area (Å²) in [6.07, 6.45) is -3.40. The van der Waals surface area contributed by atoms with E-state index in [1.807, 2.05) is 0 Å². The lowest BCUT2D eigenvalue weighted by Gasteiger charge is -2.17. The van der Waals surface area contributed by atoms with Crippen molar-refractivity contribution in [2.45, 2.75) is 24.1 Å². The molecule has 10 nitrogen and oxygen atoms in total. The van der Waals surface area contributed by atoms with Crippen LogP contribution in [0, 0.1) is 0 Å². The molecular formula is C16H19FN4O6S. The Morgan fingerprint density at radius 2 is 1.75 bits per heavy atom. The number of anilines is 1. The number of alkyl halides is 1. The van der Waals surface area contributed by atoms with Gasteiger partial charge in [0.1, 0.15) is 12.3 Å². The highest BCUT2D eigenvalue weighted by Crippen LogP contribution is 2.26. The normalized spacial score (nSPS) is 13.3. The number of hydrogen-bond donors (Lipinski definition) is 3. The molecule has 2 aromatic rings. The third kappa shape index (κ3) is 5.04. The zero-order valence-electron chi connectivity index (χ0n) is 15.2. The number of aliphatic hydroxyl groups is 1. The lowest BCUT2D eigenvalue weighted by Crippen LogP contribution is -2.35. The van der Waals surface area contributed by atoms with Gasteiger partial charge in [-0.3, -0.25) is 5.32 Å². The van der Waals surface area contributed by atoms with Gasteiger partial charge in [-0.1, -0.05) is 18.2 Å². The number of benzene rings is 1. The molecule has 0 aliphatic carbocycles. The highest BCUT2D eigenvalue weighted by molar-refractivity contribution is 7.90. The first-order valence-electron chi connectivity index (χ1n) is 7.90. The summed E-state index contributed by atoms with van der Waals surface area (Å²) in [5.74, 6) is -0.111. The van der Waals surface area contributed by atoms with Crippen molar-refractivity contribution in [3.05, 3.63) is 35.9 Å². The van der Waals surface area contributed by atoms with E-state index in [4.69, 9.17) is 9.47 Å². The van der Waals surface area contributed by atoms with Crippen LogP contribution in [0.25, 0.3) is 0 Å². The number of nitrogens with one attached hydrogen (secondary N) is 2. The number of methoxy groups -OCH3 is 2. The van der Waals surface area contributed by atoms with Crippen molar-refractivity contribution in [1.29, 1.82) is 0 Å². The molecule has 2 atom stereocenters. The van der Waals surface area contributed by atoms with Crippen LogP contribution in [0.1, 0.15) is 18.6 Å². The number of carbonyl (C=O) groups excluding carboxylic acids is 1. The van der Waals surface area contributed by atoms with Gasteiger partial charge in [-0.05, 0) is 13.0 Å². The van der Waals surface area contributed by atoms with E-state index in [2.05, 4.69) is 15.3 Å². The van der Waals surface area contributed by atoms with E-state index in [1.165, 1.54) is 38.5 Å². The number of carbonyl (C=O) groups is 1. The highest BCUT2D eigenvalue weighted by Gasteiger charge is 2.27. The number of rotatable bonds is 7. The molecule has 12 heteroatoms. The number of amides is 2. The lowest BCUT2D eigenvalue weighted by atomic mass is 10.1. The van der Waals surface area contributed by atoms with Gasteiger partial charge in [-0.15, -0.1) is 0 Å². The van der Waals surface area contributed by atoms with E-state index in [1.54, 1.807) is 4.72 Å². The van der Waals surface area contributed by atoms with Crippen molar-refractivity contribution < 1.29 is 32.2 Å². The van der Waals surface area contributed by atoms with E-state index >= 15 is 0 Å². The summed E-state index contributed by atoms with van der Waals surface area (Å²) in [6.45, 7) is 1.09. The maximum atomic E-state index is 13.5. The van der Waals surface area contributed by atoms with E-state index in [0.29, 0.717) is 0 Å². The molecule has 152 valence electrons. The van der Waals surface area contributed by atoms with Gasteiger partial charge in [0, 0.05) is 5.56 Å². The Labute approximate surface area is 160 Å². The fraction of sp³-hybridized carbons (Fsp3) is 0.312. The second-order valence-electron chi connectivity index (χ2n) is 5.50. The first-order chi connectivity index (χ1) is 13.2. The fourth-order valence-electron chi connectivity index (χ4n) is 2.19. The van der Waals surface area contributed by atoms with Crippen molar-refractivity contribution in [2.75, 3.05) is 19.5 Å². The van der Waals surface area contributed by atoms with Crippen LogP contribution < -0.4 is 19.5 Å². The van der Waals surface area contributed by atoms with Crippen molar-refractivity contribution in [3.8, 4) is 11.8 Å². The van der Waals surface area contributed by atoms with Gasteiger partial charge in [0.15, 0.2) is 0 Å². The van der Waals surface area contributed by atoms with Crippen LogP contribution in [0.15, 0.2) is 35.2 Å². The number of aromatic nitrogens is 2. The minimum Gasteiger partial charge on any atom is -0.481 e. The Morgan fingerprint density at radius 1 is 1.18 bits per heavy atom. The van der Waals surface area contributed by atoms with Gasteiger partial charge in [-0.2, -0.15) is 9.97 Å². The van der Waals surface area contributed by atoms with Gasteiger partial charge in [-0.25, -0.2) is 22.3 Å². The molecule has 0 radical (unpaired) electrons. The Hall–Kier alpha value is -2.99. The third-order valence-electron chi connectivity index (χ3n) is 3.51. The van der Waals surface area contributed by atoms with Crippen LogP contribution in [0.5, 0.6) is 11.8 Å². The number of hydrogen-bond acceptors (Lipinski definition) is 8. The molecule has 2 amide bonds. The topological polar surface area (TPSA) is 140 Å². The van der Waals surface area contributed by atoms with E-state index in [0.717, 1.165) is 13.0 Å². The molecule has 28 heavy (non-hydrogen) atoms. The minimum atomic E-state index is -4.43. The summed E-state index contributed by atoms with van der Waals surface area (Å²) in [5.41, 5.74) is -0.183. The predicted molar refractivity (Wildman–Crippen MR) is 96.4 cm³/mol. The lowest BCUT2D eigenvalue weighted by molar-refractivity contribution is 0.0859. The zero-order chi connectivity index (χ0) is 20.9. The number of sulfonamides is 1. The summed E-state index contributed by atoms with van der Waals surface area (Å²) < 4.78 is 50.1. The maximum absolute atomic E-state index is 13.5. The fourth-order valence-corrected chi connectivity index (χ4v) is 3.35. The molecule has 1 heterocycles. The first-order valence-corrected chi connectivity index (χ1v) is 9.38. The molecule has 0 spiro atoms. The quantitative estimate of drug-likeness (QED) is 0.618. The van der Waals surface area contributed by atoms with Crippen LogP contribution >= 0.6 is 0 Å². The Kier molecular flexibility index (Phi) is 6.70. The molecule has 0 saturated carbocycles. The summed E-state index contributed by atoms with van der Waals surface area (Å²) in [5, 5.41) is 12.1. The molecule has 3 N–H and O–H groups in total. The Morgan fingerprint density at radius 3 is 2.29 bits per heavy atom. The minimum absolute atomic E-state index is 0.0791. The van der Waals surface area contributed by atoms with Crippen molar-refractivity contribution in [3.63, 3.8) is 0 Å². The van der Waals surface area contributed by atoms with Gasteiger partial charge in [0.25, 0.3) is 10.0 Å². The molecule has 0 aliphatic heterocycles. The predicted octanol–water partition coefficient (Wildman–Crippen LogP) is 1.40. The smallest absolute Gasteiger partial charge is 0.335 e. The highest BCUT2D eigenvalue weighted by atomic mass is 32.2. The second-order valence-corrected chi connectivity index (χ2v) is 7.15. The standard InChI is InChI=1S/C16H19FN4O6S/c1-9(17)14(22)10-6-4-5-7-11(10)28(24,25)21-16(23)20-15-18-12(26-2)8-13(19-15)27-3/h4-9,14,22H,1-3H3,(H2,18,19,20,21,23)/t9-,14+/m0/s1. The van der Waals surface area contributed by atoms with Crippen LogP contribution in [-0.2, 0) is 10.0 Å². The molecule has 2 rings (SSSR count). The second kappa shape index (κ2) is 8.80. The van der Waals surface area contributed by atoms with E-state index in [-0.39, 0.29) is 23.3 Å². The maximum Gasteiger partial charge on any atom is 0.335 e. The average Bonchev–Trinajstić information content (AvgIpc) is 2.66. The van der Waals surface area contributed by atoms with Crippen LogP contribution in [-0.4, -0.2) is 49.9 Å². The SMILES string of the molecule is COc1cc(OC)nc(NC(=O)NS(=O)(=O)c2ccccc2[C@H](O)[C@H](C)F)n1. The molecule has 0 fully saturated rings. The number of urea groups is 1. The number of nitrogens with zero attached hydrogens (tertiary/aromatic N) is 2. The molecule has 1 aromatic carbocycles. The summed E-state index contributed by atoms with van der Waals surface area (Å²) >= 11 is 0. The van der Waals surface area contributed by atoms with Gasteiger partial charge < -0.3 is 14.6 Å². The van der Waals surface area contributed by atoms with E-state index in [9.17, 15) is 22.7 Å². The van der Waals surface area contributed by atoms with Crippen LogP contribution in [0.3, 0.4) is 0 Å². The average molecular weight is 414 g/mol. The van der Waals surface area contributed by atoms with Gasteiger partial charge in [0.05, 0.1) is 25.2 Å². The largest absolute Gasteiger partial charge is 0.481 e. The van der Waals surface area contributed by atoms with Crippen molar-refractivity contribution in [2.24, 2.45) is 0 Å². The molecular weight excluding hydrogens is 395 g/mol. The Balaban J connectivity index is 2.25. The molecule has 0 aliphatic rings. The molecule has 0 unspecified atom stereocenters. The molecule has 0 saturated heterocycles. The summed E-state index contributed by atoms with van der Waals surface area (Å²) in [7, 11) is -1.75. The third-order valence-corrected chi connectivity index (χ3v) is 4.92. The van der Waals surface area contributed by atoms with Crippen LogP contribution in [0.2, 0.25) is 0 Å². The summed E-state index contributed by atoms with van der Waals surface area (Å²) in [6, 6.07) is 5.39.